The fourth-order valence-electron chi connectivity index (χ4n) is 3.80. The van der Waals surface area contributed by atoms with E-state index in [-0.39, 0.29) is 17.3 Å². The average Bonchev–Trinajstić information content (AvgIpc) is 3.03. The summed E-state index contributed by atoms with van der Waals surface area (Å²) >= 11 is 0. The summed E-state index contributed by atoms with van der Waals surface area (Å²) in [5.41, 5.74) is 0.795. The van der Waals surface area contributed by atoms with Gasteiger partial charge in [-0.25, -0.2) is 9.97 Å². The van der Waals surface area contributed by atoms with E-state index < -0.39 is 5.97 Å². The maximum Gasteiger partial charge on any atom is 0.307 e. The monoisotopic (exact) mass is 274 g/mol. The Bertz CT molecular complexity index is 504. The molecule has 20 heavy (non-hydrogen) atoms. The molecule has 0 unspecified atom stereocenters. The lowest BCUT2D eigenvalue weighted by Gasteiger charge is -2.20. The Morgan fingerprint density at radius 1 is 1.20 bits per heavy atom. The van der Waals surface area contributed by atoms with Crippen LogP contribution in [-0.2, 0) is 4.79 Å². The van der Waals surface area contributed by atoms with Crippen LogP contribution in [0.25, 0.3) is 0 Å². The molecule has 2 aliphatic carbocycles. The van der Waals surface area contributed by atoms with Crippen molar-refractivity contribution < 1.29 is 9.90 Å². The lowest BCUT2D eigenvalue weighted by molar-refractivity contribution is -0.139. The van der Waals surface area contributed by atoms with Crippen LogP contribution in [0.5, 0.6) is 0 Å². The van der Waals surface area contributed by atoms with Gasteiger partial charge in [0.25, 0.3) is 0 Å². The molecule has 1 aromatic heterocycles. The summed E-state index contributed by atoms with van der Waals surface area (Å²) in [7, 11) is 0. The number of hydrogen-bond acceptors (Lipinski definition) is 3. The Labute approximate surface area is 119 Å². The van der Waals surface area contributed by atoms with Crippen molar-refractivity contribution in [3.63, 3.8) is 0 Å². The van der Waals surface area contributed by atoms with E-state index in [1.165, 1.54) is 32.1 Å². The van der Waals surface area contributed by atoms with E-state index in [2.05, 4.69) is 9.97 Å². The smallest absolute Gasteiger partial charge is 0.307 e. The van der Waals surface area contributed by atoms with Gasteiger partial charge in [-0.3, -0.25) is 4.79 Å². The second-order valence-corrected chi connectivity index (χ2v) is 6.82. The molecule has 0 spiro atoms. The molecule has 1 N–H and O–H groups in total. The molecule has 0 radical (unpaired) electrons. The molecule has 0 saturated heterocycles. The largest absolute Gasteiger partial charge is 0.481 e. The fraction of sp³-hybridized carbons (Fsp3) is 0.688. The van der Waals surface area contributed by atoms with E-state index in [1.54, 1.807) is 0 Å². The molecule has 0 aromatic carbocycles. The van der Waals surface area contributed by atoms with Crippen molar-refractivity contribution in [3.8, 4) is 0 Å². The first kappa shape index (κ1) is 13.5. The van der Waals surface area contributed by atoms with Gasteiger partial charge in [0.1, 0.15) is 5.82 Å². The Morgan fingerprint density at radius 3 is 2.30 bits per heavy atom. The van der Waals surface area contributed by atoms with Gasteiger partial charge in [-0.1, -0.05) is 33.1 Å². The third kappa shape index (κ3) is 2.21. The zero-order valence-corrected chi connectivity index (χ0v) is 12.2. The highest BCUT2D eigenvalue weighted by Crippen LogP contribution is 2.64. The maximum absolute atomic E-state index is 11.2. The quantitative estimate of drug-likeness (QED) is 0.918. The Morgan fingerprint density at radius 2 is 1.80 bits per heavy atom. The predicted octanol–water partition coefficient (Wildman–Crippen LogP) is 3.35. The minimum Gasteiger partial charge on any atom is -0.481 e. The van der Waals surface area contributed by atoms with Crippen LogP contribution in [0.2, 0.25) is 0 Å². The average molecular weight is 274 g/mol. The number of aliphatic carboxylic acids is 1. The summed E-state index contributed by atoms with van der Waals surface area (Å²) in [6.45, 7) is 4.01. The van der Waals surface area contributed by atoms with Crippen molar-refractivity contribution in [2.45, 2.75) is 57.8 Å². The molecular formula is C16H22N2O2. The highest BCUT2D eigenvalue weighted by molar-refractivity contribution is 5.77. The summed E-state index contributed by atoms with van der Waals surface area (Å²) in [4.78, 5) is 20.3. The molecule has 0 bridgehead atoms. The van der Waals surface area contributed by atoms with Crippen molar-refractivity contribution in [1.82, 2.24) is 9.97 Å². The van der Waals surface area contributed by atoms with E-state index in [9.17, 15) is 9.90 Å². The van der Waals surface area contributed by atoms with Gasteiger partial charge in [-0.2, -0.15) is 0 Å². The molecule has 4 heteroatoms. The molecule has 108 valence electrons. The van der Waals surface area contributed by atoms with E-state index in [0.29, 0.717) is 5.92 Å². The predicted molar refractivity (Wildman–Crippen MR) is 75.5 cm³/mol. The van der Waals surface area contributed by atoms with Crippen molar-refractivity contribution in [2.75, 3.05) is 0 Å². The number of hydrogen-bond donors (Lipinski definition) is 1. The second kappa shape index (κ2) is 4.83. The molecule has 0 aliphatic heterocycles. The highest BCUT2D eigenvalue weighted by Gasteiger charge is 2.62. The van der Waals surface area contributed by atoms with E-state index >= 15 is 0 Å². The Balaban J connectivity index is 1.75. The maximum atomic E-state index is 11.2. The van der Waals surface area contributed by atoms with Crippen molar-refractivity contribution in [2.24, 2.45) is 11.3 Å². The lowest BCUT2D eigenvalue weighted by atomic mass is 9.88. The molecule has 2 atom stereocenters. The van der Waals surface area contributed by atoms with Crippen LogP contribution in [0, 0.1) is 11.3 Å². The minimum atomic E-state index is -0.712. The van der Waals surface area contributed by atoms with Crippen molar-refractivity contribution in [1.29, 1.82) is 0 Å². The van der Waals surface area contributed by atoms with E-state index in [4.69, 9.17) is 0 Å². The zero-order chi connectivity index (χ0) is 14.3. The third-order valence-electron chi connectivity index (χ3n) is 5.11. The van der Waals surface area contributed by atoms with E-state index in [1.807, 2.05) is 26.2 Å². The van der Waals surface area contributed by atoms with Gasteiger partial charge in [0.15, 0.2) is 0 Å². The third-order valence-corrected chi connectivity index (χ3v) is 5.11. The molecule has 2 saturated carbocycles. The van der Waals surface area contributed by atoms with Crippen LogP contribution in [-0.4, -0.2) is 21.0 Å². The van der Waals surface area contributed by atoms with Crippen molar-refractivity contribution >= 4 is 5.97 Å². The number of nitrogens with zero attached hydrogens (tertiary/aromatic N) is 2. The van der Waals surface area contributed by atoms with Gasteiger partial charge in [0, 0.05) is 24.2 Å². The molecule has 1 heterocycles. The molecule has 2 fully saturated rings. The molecule has 2 aliphatic rings. The fourth-order valence-corrected chi connectivity index (χ4v) is 3.80. The summed E-state index contributed by atoms with van der Waals surface area (Å²) < 4.78 is 0. The standard InChI is InChI=1S/C16H22N2O2/c1-16(2)12(13(16)15(19)20)11-8-17-14(18-9-11)10-6-4-3-5-7-10/h8-10,12-13H,3-7H2,1-2H3,(H,19,20)/t12-,13+/m0/s1. The SMILES string of the molecule is CC1(C)[C@@H](C(=O)O)[C@@H]1c1cnc(C2CCCCC2)nc1. The van der Waals surface area contributed by atoms with Gasteiger partial charge < -0.3 is 5.11 Å². The summed E-state index contributed by atoms with van der Waals surface area (Å²) in [5, 5.41) is 9.24. The molecular weight excluding hydrogens is 252 g/mol. The zero-order valence-electron chi connectivity index (χ0n) is 12.2. The van der Waals surface area contributed by atoms with Crippen LogP contribution < -0.4 is 0 Å². The first-order valence-electron chi connectivity index (χ1n) is 7.56. The van der Waals surface area contributed by atoms with Crippen molar-refractivity contribution in [3.05, 3.63) is 23.8 Å². The molecule has 4 nitrogen and oxygen atoms in total. The number of carboxylic acids is 1. The first-order chi connectivity index (χ1) is 9.51. The van der Waals surface area contributed by atoms with E-state index in [0.717, 1.165) is 11.4 Å². The summed E-state index contributed by atoms with van der Waals surface area (Å²) in [6, 6.07) is 0. The van der Waals surface area contributed by atoms with Gasteiger partial charge in [-0.05, 0) is 23.8 Å². The topological polar surface area (TPSA) is 63.1 Å². The molecule has 0 amide bonds. The van der Waals surface area contributed by atoms with Crippen LogP contribution in [0.4, 0.5) is 0 Å². The van der Waals surface area contributed by atoms with Crippen LogP contribution in [0.3, 0.4) is 0 Å². The Kier molecular flexibility index (Phi) is 3.27. The normalized spacial score (nSPS) is 29.1. The second-order valence-electron chi connectivity index (χ2n) is 6.82. The van der Waals surface area contributed by atoms with Crippen LogP contribution >= 0.6 is 0 Å². The highest BCUT2D eigenvalue weighted by atomic mass is 16.4. The van der Waals surface area contributed by atoms with Gasteiger partial charge in [0.2, 0.25) is 0 Å². The number of carbonyl (C=O) groups is 1. The van der Waals surface area contributed by atoms with Gasteiger partial charge in [0.05, 0.1) is 5.92 Å². The summed E-state index contributed by atoms with van der Waals surface area (Å²) in [5.74, 6) is 0.488. The number of aromatic nitrogens is 2. The summed E-state index contributed by atoms with van der Waals surface area (Å²) in [6.07, 6.45) is 9.95. The minimum absolute atomic E-state index is 0.0559. The lowest BCUT2D eigenvalue weighted by Crippen LogP contribution is -2.09. The first-order valence-corrected chi connectivity index (χ1v) is 7.56. The molecule has 3 rings (SSSR count). The van der Waals surface area contributed by atoms with Gasteiger partial charge >= 0.3 is 5.97 Å². The van der Waals surface area contributed by atoms with Crippen LogP contribution in [0.15, 0.2) is 12.4 Å². The number of rotatable bonds is 3. The van der Waals surface area contributed by atoms with Gasteiger partial charge in [-0.15, -0.1) is 0 Å². The molecule has 1 aromatic rings. The van der Waals surface area contributed by atoms with Crippen LogP contribution in [0.1, 0.15) is 69.2 Å². The Hall–Kier alpha value is -1.45. The number of carboxylic acid groups (broad SMARTS) is 1.